The third-order valence-electron chi connectivity index (χ3n) is 8.51. The lowest BCUT2D eigenvalue weighted by Gasteiger charge is -2.50. The van der Waals surface area contributed by atoms with E-state index >= 15 is 0 Å². The molecule has 2 aromatic carbocycles. The van der Waals surface area contributed by atoms with Gasteiger partial charge in [0.25, 0.3) is 11.5 Å². The molecule has 1 heterocycles. The minimum Gasteiger partial charge on any atom is -0.407 e. The molecule has 0 saturated carbocycles. The highest BCUT2D eigenvalue weighted by Gasteiger charge is 2.64. The van der Waals surface area contributed by atoms with Crippen molar-refractivity contribution in [3.05, 3.63) is 71.8 Å². The van der Waals surface area contributed by atoms with E-state index in [2.05, 4.69) is 41.5 Å². The van der Waals surface area contributed by atoms with Gasteiger partial charge in [0.1, 0.15) is 0 Å². The minimum absolute atomic E-state index is 0.212. The van der Waals surface area contributed by atoms with Gasteiger partial charge in [0.05, 0.1) is 12.1 Å². The third kappa shape index (κ3) is 5.84. The lowest BCUT2D eigenvalue weighted by atomic mass is 9.87. The van der Waals surface area contributed by atoms with E-state index in [-0.39, 0.29) is 28.7 Å². The molecule has 3 rings (SSSR count). The zero-order chi connectivity index (χ0) is 29.0. The van der Waals surface area contributed by atoms with Crippen LogP contribution in [0.3, 0.4) is 0 Å². The van der Waals surface area contributed by atoms with Gasteiger partial charge in [0.2, 0.25) is 8.32 Å². The molecule has 0 N–H and O–H groups in total. The first-order valence-electron chi connectivity index (χ1n) is 14.1. The van der Waals surface area contributed by atoms with Gasteiger partial charge in [0.15, 0.2) is 0 Å². The van der Waals surface area contributed by atoms with Crippen molar-refractivity contribution in [1.29, 1.82) is 0 Å². The van der Waals surface area contributed by atoms with Crippen molar-refractivity contribution in [2.75, 3.05) is 13.7 Å². The highest BCUT2D eigenvalue weighted by atomic mass is 28.4. The maximum absolute atomic E-state index is 14.9. The number of amides is 1. The molecule has 0 aliphatic carbocycles. The molecule has 0 radical (unpaired) electrons. The van der Waals surface area contributed by atoms with E-state index in [1.54, 1.807) is 6.07 Å². The van der Waals surface area contributed by atoms with Crippen LogP contribution in [-0.4, -0.2) is 45.0 Å². The van der Waals surface area contributed by atoms with Crippen molar-refractivity contribution in [1.82, 2.24) is 4.90 Å². The van der Waals surface area contributed by atoms with Crippen LogP contribution in [0.4, 0.5) is 13.2 Å². The fraction of sp³-hybridized carbons (Fsp3) is 0.581. The average molecular weight is 564 g/mol. The van der Waals surface area contributed by atoms with Gasteiger partial charge < -0.3 is 14.1 Å². The molecular formula is C31H44F3NO3Si. The second-order valence-corrected chi connectivity index (χ2v) is 17.0. The molecular weight excluding hydrogens is 519 g/mol. The Kier molecular flexibility index (Phi) is 10.1. The number of carbonyl (C=O) groups is 1. The number of hydrogen-bond donors (Lipinski definition) is 0. The SMILES string of the molecule is CO[C@@](C(=O)N1CCCC[C@@H]1[C@@H](O[Si](C(C)C)(C(C)C)C(C)C)c1ccccc1)(c1ccccc1)C(F)(F)F. The number of carbonyl (C=O) groups excluding carboxylic acids is 1. The van der Waals surface area contributed by atoms with Gasteiger partial charge >= 0.3 is 6.18 Å². The molecule has 0 bridgehead atoms. The van der Waals surface area contributed by atoms with Gasteiger partial charge in [-0.1, -0.05) is 102 Å². The molecule has 4 nitrogen and oxygen atoms in total. The first-order valence-corrected chi connectivity index (χ1v) is 16.2. The van der Waals surface area contributed by atoms with Gasteiger partial charge in [-0.25, -0.2) is 0 Å². The number of rotatable bonds is 10. The zero-order valence-electron chi connectivity index (χ0n) is 24.3. The molecule has 1 aliphatic heterocycles. The van der Waals surface area contributed by atoms with Crippen LogP contribution in [0.2, 0.25) is 16.6 Å². The quantitative estimate of drug-likeness (QED) is 0.273. The predicted octanol–water partition coefficient (Wildman–Crippen LogP) is 8.41. The van der Waals surface area contributed by atoms with E-state index in [0.29, 0.717) is 12.8 Å². The summed E-state index contributed by atoms with van der Waals surface area (Å²) >= 11 is 0. The van der Waals surface area contributed by atoms with Crippen molar-refractivity contribution in [3.8, 4) is 0 Å². The molecule has 1 fully saturated rings. The van der Waals surface area contributed by atoms with Gasteiger partial charge in [-0.05, 0) is 41.4 Å². The summed E-state index contributed by atoms with van der Waals surface area (Å²) < 4.78 is 57.2. The predicted molar refractivity (Wildman–Crippen MR) is 152 cm³/mol. The number of piperidine rings is 1. The molecule has 0 spiro atoms. The number of nitrogens with zero attached hydrogens (tertiary/aromatic N) is 1. The van der Waals surface area contributed by atoms with Gasteiger partial charge in [-0.2, -0.15) is 13.2 Å². The Morgan fingerprint density at radius 3 is 1.85 bits per heavy atom. The smallest absolute Gasteiger partial charge is 0.407 e. The topological polar surface area (TPSA) is 38.8 Å². The van der Waals surface area contributed by atoms with Crippen molar-refractivity contribution in [2.24, 2.45) is 0 Å². The largest absolute Gasteiger partial charge is 0.430 e. The van der Waals surface area contributed by atoms with Crippen LogP contribution in [-0.2, 0) is 19.6 Å². The molecule has 39 heavy (non-hydrogen) atoms. The van der Waals surface area contributed by atoms with Crippen LogP contribution in [0.15, 0.2) is 60.7 Å². The van der Waals surface area contributed by atoms with Gasteiger partial charge in [-0.3, -0.25) is 4.79 Å². The summed E-state index contributed by atoms with van der Waals surface area (Å²) in [5.74, 6) is -1.08. The number of methoxy groups -OCH3 is 1. The second kappa shape index (κ2) is 12.6. The molecule has 0 unspecified atom stereocenters. The van der Waals surface area contributed by atoms with E-state index in [1.165, 1.54) is 29.2 Å². The van der Waals surface area contributed by atoms with Gasteiger partial charge in [-0.15, -0.1) is 0 Å². The van der Waals surface area contributed by atoms with Crippen LogP contribution >= 0.6 is 0 Å². The van der Waals surface area contributed by atoms with Crippen molar-refractivity contribution in [3.63, 3.8) is 0 Å². The van der Waals surface area contributed by atoms with E-state index < -0.39 is 38.1 Å². The maximum atomic E-state index is 14.9. The van der Waals surface area contributed by atoms with Crippen molar-refractivity contribution >= 4 is 14.2 Å². The first-order chi connectivity index (χ1) is 18.3. The summed E-state index contributed by atoms with van der Waals surface area (Å²) in [6.45, 7) is 13.3. The summed E-state index contributed by atoms with van der Waals surface area (Å²) in [6, 6.07) is 16.4. The molecule has 3 atom stereocenters. The Balaban J connectivity index is 2.19. The first kappa shape index (κ1) is 31.4. The van der Waals surface area contributed by atoms with E-state index in [4.69, 9.17) is 9.16 Å². The highest BCUT2D eigenvalue weighted by Crippen LogP contribution is 2.49. The van der Waals surface area contributed by atoms with E-state index in [9.17, 15) is 18.0 Å². The number of hydrogen-bond acceptors (Lipinski definition) is 3. The Labute approximate surface area is 233 Å². The summed E-state index contributed by atoms with van der Waals surface area (Å²) in [4.78, 5) is 15.7. The van der Waals surface area contributed by atoms with Gasteiger partial charge in [0, 0.05) is 19.2 Å². The Morgan fingerprint density at radius 2 is 1.38 bits per heavy atom. The van der Waals surface area contributed by atoms with Crippen molar-refractivity contribution < 1.29 is 27.1 Å². The van der Waals surface area contributed by atoms with Crippen LogP contribution in [0.25, 0.3) is 0 Å². The number of likely N-dealkylation sites (tertiary alicyclic amines) is 1. The summed E-state index contributed by atoms with van der Waals surface area (Å²) in [5, 5.41) is 0. The minimum atomic E-state index is -4.96. The fourth-order valence-corrected chi connectivity index (χ4v) is 12.3. The molecule has 1 aliphatic rings. The summed E-state index contributed by atoms with van der Waals surface area (Å²) in [5.41, 5.74) is -1.62. The number of ether oxygens (including phenoxy) is 1. The third-order valence-corrected chi connectivity index (χ3v) is 14.6. The molecule has 216 valence electrons. The maximum Gasteiger partial charge on any atom is 0.430 e. The fourth-order valence-electron chi connectivity index (χ4n) is 6.77. The molecule has 8 heteroatoms. The second-order valence-electron chi connectivity index (χ2n) is 11.6. The lowest BCUT2D eigenvalue weighted by molar-refractivity contribution is -0.272. The zero-order valence-corrected chi connectivity index (χ0v) is 25.3. The Bertz CT molecular complexity index is 1040. The molecule has 1 saturated heterocycles. The van der Waals surface area contributed by atoms with Crippen LogP contribution in [0.1, 0.15) is 78.0 Å². The summed E-state index contributed by atoms with van der Waals surface area (Å²) in [6.07, 6.45) is -3.53. The monoisotopic (exact) mass is 563 g/mol. The van der Waals surface area contributed by atoms with E-state index in [0.717, 1.165) is 19.1 Å². The Morgan fingerprint density at radius 1 is 0.872 bits per heavy atom. The van der Waals surface area contributed by atoms with Crippen LogP contribution in [0, 0.1) is 0 Å². The number of halogens is 3. The molecule has 1 amide bonds. The van der Waals surface area contributed by atoms with E-state index in [1.807, 2.05) is 30.3 Å². The lowest BCUT2D eigenvalue weighted by Crippen LogP contribution is -2.61. The Hall–Kier alpha value is -2.16. The highest BCUT2D eigenvalue weighted by molar-refractivity contribution is 6.77. The molecule has 0 aromatic heterocycles. The standard InChI is InChI=1S/C31H44F3NO3Si/c1-22(2)39(23(3)4,24(5)6)38-28(25-16-10-8-11-17-25)27-20-14-15-21-35(27)29(36)30(37-7,31(32,33)34)26-18-12-9-13-19-26/h8-13,16-19,22-24,27-28H,14-15,20-21H2,1-7H3/t27-,28+,30-/m1/s1. The van der Waals surface area contributed by atoms with Crippen LogP contribution in [0.5, 0.6) is 0 Å². The number of alkyl halides is 3. The number of benzene rings is 2. The molecule has 2 aromatic rings. The van der Waals surface area contributed by atoms with Crippen molar-refractivity contribution in [2.45, 2.75) is 101 Å². The summed E-state index contributed by atoms with van der Waals surface area (Å²) in [7, 11) is -1.50. The van der Waals surface area contributed by atoms with Crippen LogP contribution < -0.4 is 0 Å². The normalized spacial score (nSPS) is 19.4. The average Bonchev–Trinajstić information content (AvgIpc) is 2.89.